The van der Waals surface area contributed by atoms with Gasteiger partial charge in [-0.1, -0.05) is 12.8 Å². The van der Waals surface area contributed by atoms with Gasteiger partial charge in [-0.25, -0.2) is 13.1 Å². The van der Waals surface area contributed by atoms with Crippen molar-refractivity contribution in [3.8, 4) is 0 Å². The average Bonchev–Trinajstić information content (AvgIpc) is 2.29. The largest absolute Gasteiger partial charge is 0.466 e. The van der Waals surface area contributed by atoms with E-state index < -0.39 is 10.0 Å². The lowest BCUT2D eigenvalue weighted by Gasteiger charge is -2.30. The maximum absolute atomic E-state index is 11.7. The second kappa shape index (κ2) is 6.35. The molecule has 1 saturated carbocycles. The van der Waals surface area contributed by atoms with Crippen LogP contribution < -0.4 is 4.72 Å². The van der Waals surface area contributed by atoms with Crippen LogP contribution in [0.5, 0.6) is 0 Å². The van der Waals surface area contributed by atoms with Crippen molar-refractivity contribution in [2.24, 2.45) is 5.92 Å². The highest BCUT2D eigenvalue weighted by Gasteiger charge is 2.34. The fourth-order valence-electron chi connectivity index (χ4n) is 2.12. The summed E-state index contributed by atoms with van der Waals surface area (Å²) in [4.78, 5) is 11.7. The van der Waals surface area contributed by atoms with E-state index in [-0.39, 0.29) is 23.7 Å². The smallest absolute Gasteiger partial charge is 0.310 e. The molecule has 100 valence electrons. The Kier molecular flexibility index (Phi) is 5.39. The Morgan fingerprint density at radius 1 is 1.29 bits per heavy atom. The van der Waals surface area contributed by atoms with Crippen molar-refractivity contribution in [2.75, 3.05) is 12.4 Å². The first-order valence-corrected chi connectivity index (χ1v) is 7.82. The third kappa shape index (κ3) is 4.27. The molecule has 5 nitrogen and oxygen atoms in total. The van der Waals surface area contributed by atoms with Crippen LogP contribution in [-0.2, 0) is 19.6 Å². The molecule has 1 fully saturated rings. The molecule has 0 aromatic carbocycles. The van der Waals surface area contributed by atoms with Gasteiger partial charge in [-0.3, -0.25) is 4.79 Å². The van der Waals surface area contributed by atoms with E-state index in [1.54, 1.807) is 13.8 Å². The van der Waals surface area contributed by atoms with Crippen LogP contribution in [0.2, 0.25) is 0 Å². The molecule has 0 aliphatic heterocycles. The summed E-state index contributed by atoms with van der Waals surface area (Å²) >= 11 is 0. The van der Waals surface area contributed by atoms with Gasteiger partial charge in [-0.2, -0.15) is 0 Å². The van der Waals surface area contributed by atoms with Crippen LogP contribution in [0.4, 0.5) is 0 Å². The van der Waals surface area contributed by atoms with E-state index in [2.05, 4.69) is 4.72 Å². The summed E-state index contributed by atoms with van der Waals surface area (Å²) in [6.07, 6.45) is 3.32. The van der Waals surface area contributed by atoms with Gasteiger partial charge in [0.05, 0.1) is 18.3 Å². The number of esters is 1. The Labute approximate surface area is 103 Å². The zero-order valence-electron chi connectivity index (χ0n) is 10.4. The molecule has 0 radical (unpaired) electrons. The molecule has 1 aliphatic carbocycles. The van der Waals surface area contributed by atoms with Crippen LogP contribution in [-0.4, -0.2) is 32.8 Å². The molecule has 1 N–H and O–H groups in total. The highest BCUT2D eigenvalue weighted by Crippen LogP contribution is 2.26. The maximum Gasteiger partial charge on any atom is 0.310 e. The van der Waals surface area contributed by atoms with Crippen molar-refractivity contribution in [3.05, 3.63) is 0 Å². The Morgan fingerprint density at radius 3 is 2.53 bits per heavy atom. The second-order valence-electron chi connectivity index (χ2n) is 4.27. The maximum atomic E-state index is 11.7. The van der Waals surface area contributed by atoms with Gasteiger partial charge in [0.25, 0.3) is 0 Å². The highest BCUT2D eigenvalue weighted by atomic mass is 32.2. The first kappa shape index (κ1) is 14.4. The SMILES string of the molecule is CCOC(=O)[C@H]1CCCC[C@@H]1NS(=O)(=O)CC. The molecule has 0 saturated heterocycles. The lowest BCUT2D eigenvalue weighted by molar-refractivity contribution is -0.149. The number of carbonyl (C=O) groups excluding carboxylic acids is 1. The first-order chi connectivity index (χ1) is 8.00. The third-order valence-corrected chi connectivity index (χ3v) is 4.49. The fraction of sp³-hybridized carbons (Fsp3) is 0.909. The molecule has 0 bridgehead atoms. The number of sulfonamides is 1. The van der Waals surface area contributed by atoms with E-state index in [4.69, 9.17) is 4.74 Å². The second-order valence-corrected chi connectivity index (χ2v) is 6.31. The van der Waals surface area contributed by atoms with Gasteiger partial charge >= 0.3 is 5.97 Å². The standard InChI is InChI=1S/C11H21NO4S/c1-3-16-11(13)9-7-5-6-8-10(9)12-17(14,15)4-2/h9-10,12H,3-8H2,1-2H3/t9-,10-/m0/s1. The minimum absolute atomic E-state index is 0.0407. The van der Waals surface area contributed by atoms with Crippen molar-refractivity contribution in [2.45, 2.75) is 45.6 Å². The summed E-state index contributed by atoms with van der Waals surface area (Å²) in [5.74, 6) is -0.569. The van der Waals surface area contributed by atoms with Gasteiger partial charge in [-0.15, -0.1) is 0 Å². The summed E-state index contributed by atoms with van der Waals surface area (Å²) in [5, 5.41) is 0. The quantitative estimate of drug-likeness (QED) is 0.752. The minimum atomic E-state index is -3.26. The fourth-order valence-corrected chi connectivity index (χ4v) is 3.03. The number of hydrogen-bond acceptors (Lipinski definition) is 4. The molecular formula is C11H21NO4S. The Bertz CT molecular complexity index is 352. The van der Waals surface area contributed by atoms with Crippen LogP contribution in [0.1, 0.15) is 39.5 Å². The molecule has 6 heteroatoms. The Morgan fingerprint density at radius 2 is 1.94 bits per heavy atom. The van der Waals surface area contributed by atoms with Gasteiger partial charge in [-0.05, 0) is 26.7 Å². The van der Waals surface area contributed by atoms with E-state index in [0.717, 1.165) is 12.8 Å². The van der Waals surface area contributed by atoms with Crippen molar-refractivity contribution < 1.29 is 17.9 Å². The molecule has 0 aromatic heterocycles. The van der Waals surface area contributed by atoms with Crippen molar-refractivity contribution >= 4 is 16.0 Å². The summed E-state index contributed by atoms with van der Waals surface area (Å²) in [5.41, 5.74) is 0. The Balaban J connectivity index is 2.69. The third-order valence-electron chi connectivity index (χ3n) is 3.07. The monoisotopic (exact) mass is 263 g/mol. The molecule has 0 spiro atoms. The Hall–Kier alpha value is -0.620. The van der Waals surface area contributed by atoms with Crippen molar-refractivity contribution in [1.82, 2.24) is 4.72 Å². The zero-order chi connectivity index (χ0) is 12.9. The van der Waals surface area contributed by atoms with Gasteiger partial charge in [0.15, 0.2) is 0 Å². The first-order valence-electron chi connectivity index (χ1n) is 6.16. The van der Waals surface area contributed by atoms with E-state index in [1.165, 1.54) is 0 Å². The number of ether oxygens (including phenoxy) is 1. The van der Waals surface area contributed by atoms with E-state index >= 15 is 0 Å². The normalized spacial score (nSPS) is 25.5. The van der Waals surface area contributed by atoms with Crippen molar-refractivity contribution in [1.29, 1.82) is 0 Å². The van der Waals surface area contributed by atoms with Gasteiger partial charge < -0.3 is 4.74 Å². The number of rotatable bonds is 5. The lowest BCUT2D eigenvalue weighted by atomic mass is 9.85. The predicted molar refractivity (Wildman–Crippen MR) is 65.0 cm³/mol. The summed E-state index contributed by atoms with van der Waals surface area (Å²) in [6, 6.07) is -0.298. The molecule has 1 rings (SSSR count). The zero-order valence-corrected chi connectivity index (χ0v) is 11.3. The van der Waals surface area contributed by atoms with Gasteiger partial charge in [0.1, 0.15) is 0 Å². The topological polar surface area (TPSA) is 72.5 Å². The van der Waals surface area contributed by atoms with E-state index in [0.29, 0.717) is 19.4 Å². The summed E-state index contributed by atoms with van der Waals surface area (Å²) in [6.45, 7) is 3.68. The lowest BCUT2D eigenvalue weighted by Crippen LogP contribution is -2.46. The molecule has 0 aromatic rings. The van der Waals surface area contributed by atoms with Gasteiger partial charge in [0, 0.05) is 6.04 Å². The summed E-state index contributed by atoms with van der Waals surface area (Å²) in [7, 11) is -3.26. The molecule has 2 atom stereocenters. The van der Waals surface area contributed by atoms with Gasteiger partial charge in [0.2, 0.25) is 10.0 Å². The van der Waals surface area contributed by atoms with E-state index in [1.807, 2.05) is 0 Å². The number of hydrogen-bond donors (Lipinski definition) is 1. The van der Waals surface area contributed by atoms with Crippen LogP contribution in [0, 0.1) is 5.92 Å². The van der Waals surface area contributed by atoms with Crippen LogP contribution in [0.15, 0.2) is 0 Å². The minimum Gasteiger partial charge on any atom is -0.466 e. The summed E-state index contributed by atoms with van der Waals surface area (Å²) < 4.78 is 30.7. The molecule has 0 amide bonds. The molecule has 0 unspecified atom stereocenters. The van der Waals surface area contributed by atoms with Crippen molar-refractivity contribution in [3.63, 3.8) is 0 Å². The highest BCUT2D eigenvalue weighted by molar-refractivity contribution is 7.89. The van der Waals surface area contributed by atoms with Crippen LogP contribution >= 0.6 is 0 Å². The average molecular weight is 263 g/mol. The predicted octanol–water partition coefficient (Wildman–Crippen LogP) is 1.05. The molecule has 0 heterocycles. The molecule has 1 aliphatic rings. The van der Waals surface area contributed by atoms with E-state index in [9.17, 15) is 13.2 Å². The van der Waals surface area contributed by atoms with Crippen LogP contribution in [0.3, 0.4) is 0 Å². The van der Waals surface area contributed by atoms with Crippen LogP contribution in [0.25, 0.3) is 0 Å². The molecular weight excluding hydrogens is 242 g/mol. The number of nitrogens with one attached hydrogen (secondary N) is 1. The molecule has 17 heavy (non-hydrogen) atoms. The number of carbonyl (C=O) groups is 1.